The summed E-state index contributed by atoms with van der Waals surface area (Å²) in [5, 5.41) is 15.8. The highest BCUT2D eigenvalue weighted by Crippen LogP contribution is 2.29. The molecule has 6 nitrogen and oxygen atoms in total. The van der Waals surface area contributed by atoms with Gasteiger partial charge in [0.2, 0.25) is 5.16 Å². The van der Waals surface area contributed by atoms with E-state index in [9.17, 15) is 0 Å². The van der Waals surface area contributed by atoms with Crippen molar-refractivity contribution in [1.29, 1.82) is 0 Å². The number of aromatic nitrogens is 4. The summed E-state index contributed by atoms with van der Waals surface area (Å²) < 4.78 is 7.41. The second-order valence-electron chi connectivity index (χ2n) is 4.48. The van der Waals surface area contributed by atoms with Gasteiger partial charge in [0, 0.05) is 24.4 Å². The molecule has 0 spiro atoms. The van der Waals surface area contributed by atoms with E-state index in [2.05, 4.69) is 33.8 Å². The zero-order valence-corrected chi connectivity index (χ0v) is 13.4. The van der Waals surface area contributed by atoms with Crippen molar-refractivity contribution >= 4 is 11.8 Å². The number of hydrogen-bond acceptors (Lipinski definition) is 6. The molecule has 0 radical (unpaired) electrons. The van der Waals surface area contributed by atoms with Crippen LogP contribution in [0, 0.1) is 0 Å². The van der Waals surface area contributed by atoms with Crippen molar-refractivity contribution in [3.63, 3.8) is 0 Å². The lowest BCUT2D eigenvalue weighted by Gasteiger charge is -2.20. The van der Waals surface area contributed by atoms with E-state index in [-0.39, 0.29) is 6.04 Å². The Balaban J connectivity index is 2.13. The summed E-state index contributed by atoms with van der Waals surface area (Å²) in [6.07, 6.45) is 0. The number of hydrogen-bond donors (Lipinski definition) is 1. The highest BCUT2D eigenvalue weighted by atomic mass is 32.2. The quantitative estimate of drug-likeness (QED) is 0.753. The summed E-state index contributed by atoms with van der Waals surface area (Å²) in [6, 6.07) is 8.35. The maximum Gasteiger partial charge on any atom is 0.209 e. The molecule has 2 aromatic rings. The molecule has 1 unspecified atom stereocenters. The van der Waals surface area contributed by atoms with E-state index in [4.69, 9.17) is 4.74 Å². The topological polar surface area (TPSA) is 64.9 Å². The lowest BCUT2D eigenvalue weighted by atomic mass is 10.1. The van der Waals surface area contributed by atoms with Gasteiger partial charge < -0.3 is 10.1 Å². The van der Waals surface area contributed by atoms with Crippen molar-refractivity contribution in [3.05, 3.63) is 29.8 Å². The van der Waals surface area contributed by atoms with Crippen LogP contribution in [0.3, 0.4) is 0 Å². The Kier molecular flexibility index (Phi) is 6.01. The molecule has 21 heavy (non-hydrogen) atoms. The number of nitrogens with one attached hydrogen (secondary N) is 1. The third-order valence-electron chi connectivity index (χ3n) is 3.01. The van der Waals surface area contributed by atoms with Crippen LogP contribution in [0.15, 0.2) is 29.4 Å². The molecular weight excluding hydrogens is 286 g/mol. The maximum atomic E-state index is 5.73. The van der Waals surface area contributed by atoms with Gasteiger partial charge in [-0.2, -0.15) is 0 Å². The number of aryl methyl sites for hydroxylation is 1. The monoisotopic (exact) mass is 307 g/mol. The van der Waals surface area contributed by atoms with Gasteiger partial charge in [-0.3, -0.25) is 0 Å². The summed E-state index contributed by atoms with van der Waals surface area (Å²) in [5.74, 6) is 1.77. The van der Waals surface area contributed by atoms with Crippen LogP contribution in [0.5, 0.6) is 5.75 Å². The minimum atomic E-state index is 0.194. The summed E-state index contributed by atoms with van der Waals surface area (Å²) in [4.78, 5) is 0. The molecule has 0 aliphatic rings. The molecule has 0 aliphatic heterocycles. The molecule has 2 rings (SSSR count). The fourth-order valence-electron chi connectivity index (χ4n) is 2.06. The SMILES string of the molecule is CCNC(CSc1nnnn1C)c1ccccc1OCC. The zero-order chi connectivity index (χ0) is 15.1. The number of thioether (sulfide) groups is 1. The number of nitrogens with zero attached hydrogens (tertiary/aromatic N) is 4. The minimum Gasteiger partial charge on any atom is -0.494 e. The molecule has 0 aliphatic carbocycles. The second kappa shape index (κ2) is 7.99. The standard InChI is InChI=1S/C14H21N5OS/c1-4-15-12(10-21-14-16-17-18-19(14)3)11-8-6-7-9-13(11)20-5-2/h6-9,12,15H,4-5,10H2,1-3H3. The summed E-state index contributed by atoms with van der Waals surface area (Å²) in [7, 11) is 1.85. The van der Waals surface area contributed by atoms with Crippen LogP contribution in [0.25, 0.3) is 0 Å². The molecular formula is C14H21N5OS. The number of para-hydroxylation sites is 1. The first-order chi connectivity index (χ1) is 10.3. The Labute approximate surface area is 129 Å². The lowest BCUT2D eigenvalue weighted by molar-refractivity contribution is 0.333. The van der Waals surface area contributed by atoms with Crippen molar-refractivity contribution in [2.24, 2.45) is 7.05 Å². The van der Waals surface area contributed by atoms with E-state index in [1.807, 2.05) is 32.2 Å². The lowest BCUT2D eigenvalue weighted by Crippen LogP contribution is -2.23. The third-order valence-corrected chi connectivity index (χ3v) is 4.11. The molecule has 7 heteroatoms. The molecule has 114 valence electrons. The van der Waals surface area contributed by atoms with Gasteiger partial charge in [-0.15, -0.1) is 5.10 Å². The van der Waals surface area contributed by atoms with Gasteiger partial charge in [0.05, 0.1) is 6.61 Å². The number of ether oxygens (including phenoxy) is 1. The molecule has 0 fully saturated rings. The molecule has 1 heterocycles. The molecule has 0 saturated carbocycles. The number of benzene rings is 1. The molecule has 0 saturated heterocycles. The summed E-state index contributed by atoms with van der Waals surface area (Å²) in [6.45, 7) is 5.66. The van der Waals surface area contributed by atoms with Crippen LogP contribution in [-0.2, 0) is 7.05 Å². The van der Waals surface area contributed by atoms with E-state index in [1.54, 1.807) is 16.4 Å². The highest BCUT2D eigenvalue weighted by molar-refractivity contribution is 7.99. The van der Waals surface area contributed by atoms with Crippen molar-refractivity contribution < 1.29 is 4.74 Å². The van der Waals surface area contributed by atoms with Crippen molar-refractivity contribution in [2.75, 3.05) is 18.9 Å². The van der Waals surface area contributed by atoms with Gasteiger partial charge in [0.15, 0.2) is 0 Å². The average molecular weight is 307 g/mol. The van der Waals surface area contributed by atoms with E-state index in [0.717, 1.165) is 23.2 Å². The Morgan fingerprint density at radius 1 is 1.33 bits per heavy atom. The van der Waals surface area contributed by atoms with E-state index in [0.29, 0.717) is 6.61 Å². The van der Waals surface area contributed by atoms with Gasteiger partial charge in [-0.05, 0) is 30.0 Å². The molecule has 1 N–H and O–H groups in total. The van der Waals surface area contributed by atoms with E-state index < -0.39 is 0 Å². The van der Waals surface area contributed by atoms with Gasteiger partial charge in [-0.25, -0.2) is 4.68 Å². The van der Waals surface area contributed by atoms with Crippen molar-refractivity contribution in [2.45, 2.75) is 25.0 Å². The van der Waals surface area contributed by atoms with Crippen molar-refractivity contribution in [3.8, 4) is 5.75 Å². The molecule has 1 aromatic heterocycles. The van der Waals surface area contributed by atoms with Crippen LogP contribution in [-0.4, -0.2) is 39.1 Å². The van der Waals surface area contributed by atoms with Gasteiger partial charge in [-0.1, -0.05) is 36.9 Å². The van der Waals surface area contributed by atoms with Gasteiger partial charge in [0.25, 0.3) is 0 Å². The number of tetrazole rings is 1. The smallest absolute Gasteiger partial charge is 0.209 e. The fraction of sp³-hybridized carbons (Fsp3) is 0.500. The molecule has 0 amide bonds. The minimum absolute atomic E-state index is 0.194. The van der Waals surface area contributed by atoms with E-state index >= 15 is 0 Å². The van der Waals surface area contributed by atoms with Crippen LogP contribution in [0.4, 0.5) is 0 Å². The summed E-state index contributed by atoms with van der Waals surface area (Å²) >= 11 is 1.63. The van der Waals surface area contributed by atoms with Gasteiger partial charge in [0.1, 0.15) is 5.75 Å². The molecule has 0 bridgehead atoms. The first-order valence-corrected chi connectivity index (χ1v) is 8.05. The predicted octanol–water partition coefficient (Wildman–Crippen LogP) is 2.05. The Morgan fingerprint density at radius 3 is 2.81 bits per heavy atom. The third kappa shape index (κ3) is 4.18. The Bertz CT molecular complexity index is 560. The first kappa shape index (κ1) is 15.8. The van der Waals surface area contributed by atoms with Crippen molar-refractivity contribution in [1.82, 2.24) is 25.5 Å². The molecule has 1 atom stereocenters. The first-order valence-electron chi connectivity index (χ1n) is 7.06. The van der Waals surface area contributed by atoms with Crippen LogP contribution >= 0.6 is 11.8 Å². The van der Waals surface area contributed by atoms with Crippen LogP contribution in [0.2, 0.25) is 0 Å². The van der Waals surface area contributed by atoms with Crippen LogP contribution in [0.1, 0.15) is 25.5 Å². The van der Waals surface area contributed by atoms with E-state index in [1.165, 1.54) is 5.56 Å². The fourth-order valence-corrected chi connectivity index (χ4v) is 2.99. The summed E-state index contributed by atoms with van der Waals surface area (Å²) in [5.41, 5.74) is 1.17. The number of rotatable bonds is 8. The predicted molar refractivity (Wildman–Crippen MR) is 83.6 cm³/mol. The average Bonchev–Trinajstić information content (AvgIpc) is 2.90. The zero-order valence-electron chi connectivity index (χ0n) is 12.6. The Morgan fingerprint density at radius 2 is 2.14 bits per heavy atom. The normalized spacial score (nSPS) is 12.3. The largest absolute Gasteiger partial charge is 0.494 e. The molecule has 1 aromatic carbocycles. The van der Waals surface area contributed by atoms with Gasteiger partial charge >= 0.3 is 0 Å². The highest BCUT2D eigenvalue weighted by Gasteiger charge is 2.17. The maximum absolute atomic E-state index is 5.73. The van der Waals surface area contributed by atoms with Crippen LogP contribution < -0.4 is 10.1 Å². The second-order valence-corrected chi connectivity index (χ2v) is 5.46. The Hall–Kier alpha value is -1.60.